The highest BCUT2D eigenvalue weighted by Crippen LogP contribution is 2.34. The molecule has 9 heteroatoms. The number of benzene rings is 2. The molecule has 2 amide bonds. The first kappa shape index (κ1) is 22.8. The maximum Gasteiger partial charge on any atom is 0.240 e. The Labute approximate surface area is 182 Å². The van der Waals surface area contributed by atoms with Crippen molar-refractivity contribution in [1.82, 2.24) is 4.72 Å². The monoisotopic (exact) mass is 446 g/mol. The quantitative estimate of drug-likeness (QED) is 0.445. The fraction of sp³-hybridized carbons (Fsp3) is 0.364. The topological polar surface area (TPSA) is 102 Å². The van der Waals surface area contributed by atoms with E-state index < -0.39 is 10.0 Å². The van der Waals surface area contributed by atoms with Crippen LogP contribution in [0.3, 0.4) is 0 Å². The Hall–Kier alpha value is -2.91. The largest absolute Gasteiger partial charge is 0.495 e. The molecule has 1 aliphatic rings. The molecule has 8 nitrogen and oxygen atoms in total. The SMILES string of the molecule is CCOc1ccc(CCCNS(=O)(=O)c2ccc(OC)c(N3C(=O)CCC3=O)c2)cc1. The van der Waals surface area contributed by atoms with Crippen LogP contribution in [0.15, 0.2) is 47.4 Å². The second kappa shape index (κ2) is 9.93. The third kappa shape index (κ3) is 5.42. The van der Waals surface area contributed by atoms with Gasteiger partial charge in [0.15, 0.2) is 0 Å². The summed E-state index contributed by atoms with van der Waals surface area (Å²) in [6.07, 6.45) is 1.52. The summed E-state index contributed by atoms with van der Waals surface area (Å²) in [4.78, 5) is 25.1. The molecule has 1 heterocycles. The van der Waals surface area contributed by atoms with Gasteiger partial charge < -0.3 is 9.47 Å². The van der Waals surface area contributed by atoms with Crippen LogP contribution in [-0.2, 0) is 26.0 Å². The number of aryl methyl sites for hydroxylation is 1. The number of nitrogens with one attached hydrogen (secondary N) is 1. The zero-order valence-corrected chi connectivity index (χ0v) is 18.4. The van der Waals surface area contributed by atoms with E-state index in [1.54, 1.807) is 0 Å². The second-order valence-corrected chi connectivity index (χ2v) is 8.80. The van der Waals surface area contributed by atoms with Gasteiger partial charge in [0.05, 0.1) is 24.3 Å². The van der Waals surface area contributed by atoms with Crippen LogP contribution >= 0.6 is 0 Å². The van der Waals surface area contributed by atoms with E-state index >= 15 is 0 Å². The normalized spacial score (nSPS) is 14.2. The maximum absolute atomic E-state index is 12.7. The highest BCUT2D eigenvalue weighted by molar-refractivity contribution is 7.89. The number of anilines is 1. The van der Waals surface area contributed by atoms with E-state index in [-0.39, 0.29) is 47.5 Å². The van der Waals surface area contributed by atoms with Gasteiger partial charge in [-0.15, -0.1) is 0 Å². The average molecular weight is 447 g/mol. The number of hydrogen-bond donors (Lipinski definition) is 1. The molecule has 1 aliphatic heterocycles. The van der Waals surface area contributed by atoms with Crippen molar-refractivity contribution in [2.45, 2.75) is 37.5 Å². The zero-order valence-electron chi connectivity index (χ0n) is 17.6. The molecule has 1 fully saturated rings. The molecule has 0 aliphatic carbocycles. The molecule has 0 atom stereocenters. The second-order valence-electron chi connectivity index (χ2n) is 7.03. The molecule has 3 rings (SSSR count). The van der Waals surface area contributed by atoms with Crippen molar-refractivity contribution in [3.63, 3.8) is 0 Å². The third-order valence-electron chi connectivity index (χ3n) is 4.92. The molecule has 1 N–H and O–H groups in total. The molecule has 0 bridgehead atoms. The first-order chi connectivity index (χ1) is 14.9. The lowest BCUT2D eigenvalue weighted by Gasteiger charge is -2.18. The highest BCUT2D eigenvalue weighted by atomic mass is 32.2. The lowest BCUT2D eigenvalue weighted by Crippen LogP contribution is -2.30. The summed E-state index contributed by atoms with van der Waals surface area (Å²) < 4.78 is 38.7. The summed E-state index contributed by atoms with van der Waals surface area (Å²) in [7, 11) is -2.42. The van der Waals surface area contributed by atoms with Crippen molar-refractivity contribution in [1.29, 1.82) is 0 Å². The predicted molar refractivity (Wildman–Crippen MR) is 116 cm³/mol. The number of imide groups is 1. The fourth-order valence-corrected chi connectivity index (χ4v) is 4.45. The molecule has 0 unspecified atom stereocenters. The van der Waals surface area contributed by atoms with E-state index in [1.807, 2.05) is 31.2 Å². The van der Waals surface area contributed by atoms with E-state index in [1.165, 1.54) is 25.3 Å². The Balaban J connectivity index is 1.65. The van der Waals surface area contributed by atoms with Crippen molar-refractivity contribution in [2.24, 2.45) is 0 Å². The molecule has 0 aromatic heterocycles. The van der Waals surface area contributed by atoms with Crippen LogP contribution in [0.2, 0.25) is 0 Å². The number of hydrogen-bond acceptors (Lipinski definition) is 6. The molecule has 2 aromatic carbocycles. The molecule has 1 saturated heterocycles. The smallest absolute Gasteiger partial charge is 0.240 e. The molecular formula is C22H26N2O6S. The van der Waals surface area contributed by atoms with Gasteiger partial charge in [0.1, 0.15) is 11.5 Å². The standard InChI is InChI=1S/C22H26N2O6S/c1-3-30-17-8-6-16(7-9-17)5-4-14-23-31(27,28)18-10-11-20(29-2)19(15-18)24-21(25)12-13-22(24)26/h6-11,15,23H,3-5,12-14H2,1-2H3. The molecule has 0 spiro atoms. The minimum Gasteiger partial charge on any atom is -0.495 e. The zero-order chi connectivity index (χ0) is 22.4. The number of methoxy groups -OCH3 is 1. The van der Waals surface area contributed by atoms with E-state index in [0.717, 1.165) is 16.2 Å². The number of ether oxygens (including phenoxy) is 2. The summed E-state index contributed by atoms with van der Waals surface area (Å²) in [5, 5.41) is 0. The number of nitrogens with zero attached hydrogens (tertiary/aromatic N) is 1. The Morgan fingerprint density at radius 3 is 2.32 bits per heavy atom. The lowest BCUT2D eigenvalue weighted by molar-refractivity contribution is -0.121. The van der Waals surface area contributed by atoms with E-state index in [4.69, 9.17) is 9.47 Å². The van der Waals surface area contributed by atoms with Gasteiger partial charge in [-0.3, -0.25) is 9.59 Å². The first-order valence-corrected chi connectivity index (χ1v) is 11.6. The number of amides is 2. The Kier molecular flexibility index (Phi) is 7.29. The molecule has 0 radical (unpaired) electrons. The summed E-state index contributed by atoms with van der Waals surface area (Å²) in [5.41, 5.74) is 1.23. The summed E-state index contributed by atoms with van der Waals surface area (Å²) in [6.45, 7) is 2.78. The molecule has 166 valence electrons. The highest BCUT2D eigenvalue weighted by Gasteiger charge is 2.33. The van der Waals surface area contributed by atoms with Crippen molar-refractivity contribution < 1.29 is 27.5 Å². The Morgan fingerprint density at radius 2 is 1.71 bits per heavy atom. The maximum atomic E-state index is 12.7. The van der Waals surface area contributed by atoms with E-state index in [9.17, 15) is 18.0 Å². The van der Waals surface area contributed by atoms with Crippen molar-refractivity contribution in [3.8, 4) is 11.5 Å². The fourth-order valence-electron chi connectivity index (χ4n) is 3.36. The Morgan fingerprint density at radius 1 is 1.03 bits per heavy atom. The van der Waals surface area contributed by atoms with Gasteiger partial charge in [-0.1, -0.05) is 12.1 Å². The molecule has 0 saturated carbocycles. The van der Waals surface area contributed by atoms with Gasteiger partial charge in [0.2, 0.25) is 21.8 Å². The third-order valence-corrected chi connectivity index (χ3v) is 6.38. The summed E-state index contributed by atoms with van der Waals surface area (Å²) in [6, 6.07) is 11.8. The van der Waals surface area contributed by atoms with Crippen LogP contribution in [0.1, 0.15) is 31.7 Å². The van der Waals surface area contributed by atoms with E-state index in [0.29, 0.717) is 19.4 Å². The molecule has 2 aromatic rings. The minimum absolute atomic E-state index is 0.0307. The first-order valence-electron chi connectivity index (χ1n) is 10.1. The van der Waals surface area contributed by atoms with Crippen LogP contribution in [0.4, 0.5) is 5.69 Å². The molecular weight excluding hydrogens is 420 g/mol. The average Bonchev–Trinajstić information content (AvgIpc) is 3.10. The van der Waals surface area contributed by atoms with Gasteiger partial charge in [0.25, 0.3) is 0 Å². The lowest BCUT2D eigenvalue weighted by atomic mass is 10.1. The van der Waals surface area contributed by atoms with Crippen LogP contribution < -0.4 is 19.1 Å². The number of rotatable bonds is 10. The van der Waals surface area contributed by atoms with Gasteiger partial charge in [-0.25, -0.2) is 18.0 Å². The molecule has 31 heavy (non-hydrogen) atoms. The van der Waals surface area contributed by atoms with Gasteiger partial charge in [0, 0.05) is 19.4 Å². The van der Waals surface area contributed by atoms with Crippen LogP contribution in [0, 0.1) is 0 Å². The van der Waals surface area contributed by atoms with Crippen molar-refractivity contribution >= 4 is 27.5 Å². The van der Waals surface area contributed by atoms with Gasteiger partial charge >= 0.3 is 0 Å². The van der Waals surface area contributed by atoms with Gasteiger partial charge in [-0.05, 0) is 55.7 Å². The van der Waals surface area contributed by atoms with Crippen LogP contribution in [-0.4, -0.2) is 40.5 Å². The van der Waals surface area contributed by atoms with Crippen molar-refractivity contribution in [2.75, 3.05) is 25.2 Å². The van der Waals surface area contributed by atoms with Crippen molar-refractivity contribution in [3.05, 3.63) is 48.0 Å². The number of carbonyl (C=O) groups is 2. The number of sulfonamides is 1. The summed E-state index contributed by atoms with van der Waals surface area (Å²) >= 11 is 0. The van der Waals surface area contributed by atoms with Gasteiger partial charge in [-0.2, -0.15) is 0 Å². The summed E-state index contributed by atoms with van der Waals surface area (Å²) in [5.74, 6) is 0.317. The number of carbonyl (C=O) groups excluding carboxylic acids is 2. The van der Waals surface area contributed by atoms with Crippen LogP contribution in [0.25, 0.3) is 0 Å². The minimum atomic E-state index is -3.82. The predicted octanol–water partition coefficient (Wildman–Crippen LogP) is 2.66. The van der Waals surface area contributed by atoms with Crippen LogP contribution in [0.5, 0.6) is 11.5 Å². The Bertz CT molecular complexity index is 1030. The van der Waals surface area contributed by atoms with E-state index in [2.05, 4.69) is 4.72 Å².